The van der Waals surface area contributed by atoms with Crippen molar-refractivity contribution < 1.29 is 14.3 Å². The molecule has 0 aromatic heterocycles. The standard InChI is InChI=1S/C17H24N2O3/c1-4-22-15-8-5-14(6-9-15)7-10-16(20)18-11-12-19-17(21)13(2)3/h5-10,13H,4,11-12H2,1-3H3,(H,18,20)(H,19,21). The molecule has 0 saturated carbocycles. The van der Waals surface area contributed by atoms with Gasteiger partial charge in [-0.15, -0.1) is 0 Å². The van der Waals surface area contributed by atoms with Crippen LogP contribution in [0.25, 0.3) is 6.08 Å². The summed E-state index contributed by atoms with van der Waals surface area (Å²) in [5, 5.41) is 5.45. The molecule has 0 unspecified atom stereocenters. The van der Waals surface area contributed by atoms with Gasteiger partial charge in [-0.05, 0) is 30.7 Å². The Balaban J connectivity index is 2.30. The van der Waals surface area contributed by atoms with Crippen molar-refractivity contribution in [2.75, 3.05) is 19.7 Å². The molecular weight excluding hydrogens is 280 g/mol. The molecular formula is C17H24N2O3. The summed E-state index contributed by atoms with van der Waals surface area (Å²) in [6, 6.07) is 7.50. The van der Waals surface area contributed by atoms with Crippen molar-refractivity contribution in [1.82, 2.24) is 10.6 Å². The van der Waals surface area contributed by atoms with E-state index in [1.165, 1.54) is 6.08 Å². The minimum absolute atomic E-state index is 0.0146. The largest absolute Gasteiger partial charge is 0.494 e. The SMILES string of the molecule is CCOc1ccc(C=CC(=O)NCCNC(=O)C(C)C)cc1. The van der Waals surface area contributed by atoms with E-state index in [-0.39, 0.29) is 17.7 Å². The Morgan fingerprint density at radius 3 is 2.36 bits per heavy atom. The van der Waals surface area contributed by atoms with Gasteiger partial charge in [-0.3, -0.25) is 9.59 Å². The van der Waals surface area contributed by atoms with Gasteiger partial charge in [0, 0.05) is 25.1 Å². The molecule has 1 aromatic carbocycles. The van der Waals surface area contributed by atoms with E-state index in [1.807, 2.05) is 45.0 Å². The smallest absolute Gasteiger partial charge is 0.244 e. The number of rotatable bonds is 8. The van der Waals surface area contributed by atoms with Crippen molar-refractivity contribution in [3.05, 3.63) is 35.9 Å². The van der Waals surface area contributed by atoms with Crippen LogP contribution >= 0.6 is 0 Å². The number of ether oxygens (including phenoxy) is 1. The number of amides is 2. The van der Waals surface area contributed by atoms with Crippen molar-refractivity contribution in [2.24, 2.45) is 5.92 Å². The van der Waals surface area contributed by atoms with Crippen molar-refractivity contribution in [1.29, 1.82) is 0 Å². The van der Waals surface area contributed by atoms with Gasteiger partial charge in [-0.25, -0.2) is 0 Å². The van der Waals surface area contributed by atoms with Crippen molar-refractivity contribution in [3.8, 4) is 5.75 Å². The Kier molecular flexibility index (Phi) is 7.75. The van der Waals surface area contributed by atoms with Gasteiger partial charge in [0.05, 0.1) is 6.61 Å². The molecule has 5 heteroatoms. The fraction of sp³-hybridized carbons (Fsp3) is 0.412. The molecule has 0 saturated heterocycles. The average molecular weight is 304 g/mol. The summed E-state index contributed by atoms with van der Waals surface area (Å²) in [4.78, 5) is 23.0. The summed E-state index contributed by atoms with van der Waals surface area (Å²) in [7, 11) is 0. The van der Waals surface area contributed by atoms with Gasteiger partial charge in [-0.2, -0.15) is 0 Å². The number of carbonyl (C=O) groups is 2. The van der Waals surface area contributed by atoms with Gasteiger partial charge in [0.25, 0.3) is 0 Å². The van der Waals surface area contributed by atoms with Crippen LogP contribution in [0.4, 0.5) is 0 Å². The van der Waals surface area contributed by atoms with E-state index in [4.69, 9.17) is 4.74 Å². The third-order valence-corrected chi connectivity index (χ3v) is 2.87. The zero-order chi connectivity index (χ0) is 16.4. The molecule has 2 amide bonds. The van der Waals surface area contributed by atoms with Crippen LogP contribution in [0, 0.1) is 5.92 Å². The molecule has 0 spiro atoms. The van der Waals surface area contributed by atoms with Crippen LogP contribution in [-0.2, 0) is 9.59 Å². The van der Waals surface area contributed by atoms with Crippen LogP contribution in [0.1, 0.15) is 26.3 Å². The molecule has 0 radical (unpaired) electrons. The monoisotopic (exact) mass is 304 g/mol. The molecule has 0 aliphatic carbocycles. The first-order valence-electron chi connectivity index (χ1n) is 7.49. The molecule has 22 heavy (non-hydrogen) atoms. The molecule has 0 aliphatic rings. The van der Waals surface area contributed by atoms with Gasteiger partial charge in [-0.1, -0.05) is 26.0 Å². The average Bonchev–Trinajstić information content (AvgIpc) is 2.50. The summed E-state index contributed by atoms with van der Waals surface area (Å²) >= 11 is 0. The molecule has 2 N–H and O–H groups in total. The van der Waals surface area contributed by atoms with Crippen molar-refractivity contribution >= 4 is 17.9 Å². The Morgan fingerprint density at radius 2 is 1.77 bits per heavy atom. The van der Waals surface area contributed by atoms with Gasteiger partial charge in [0.2, 0.25) is 11.8 Å². The molecule has 0 heterocycles. The lowest BCUT2D eigenvalue weighted by Gasteiger charge is -2.07. The van der Waals surface area contributed by atoms with E-state index in [1.54, 1.807) is 6.08 Å². The summed E-state index contributed by atoms with van der Waals surface area (Å²) in [5.41, 5.74) is 0.923. The Labute approximate surface area is 131 Å². The maximum Gasteiger partial charge on any atom is 0.244 e. The fourth-order valence-corrected chi connectivity index (χ4v) is 1.65. The van der Waals surface area contributed by atoms with Crippen LogP contribution < -0.4 is 15.4 Å². The van der Waals surface area contributed by atoms with Crippen LogP contribution in [0.5, 0.6) is 5.75 Å². The third-order valence-electron chi connectivity index (χ3n) is 2.87. The van der Waals surface area contributed by atoms with E-state index in [0.717, 1.165) is 11.3 Å². The lowest BCUT2D eigenvalue weighted by atomic mass is 10.2. The quantitative estimate of drug-likeness (QED) is 0.570. The molecule has 0 atom stereocenters. The summed E-state index contributed by atoms with van der Waals surface area (Å²) < 4.78 is 5.35. The first kappa shape index (κ1) is 17.8. The highest BCUT2D eigenvalue weighted by Gasteiger charge is 2.04. The first-order chi connectivity index (χ1) is 10.5. The lowest BCUT2D eigenvalue weighted by Crippen LogP contribution is -2.35. The molecule has 1 aromatic rings. The molecule has 1 rings (SSSR count). The van der Waals surface area contributed by atoms with Gasteiger partial charge >= 0.3 is 0 Å². The van der Waals surface area contributed by atoms with Gasteiger partial charge < -0.3 is 15.4 Å². The predicted octanol–water partition coefficient (Wildman–Crippen LogP) is 1.99. The van der Waals surface area contributed by atoms with Crippen LogP contribution in [0.15, 0.2) is 30.3 Å². The lowest BCUT2D eigenvalue weighted by molar-refractivity contribution is -0.124. The summed E-state index contributed by atoms with van der Waals surface area (Å²) in [5.74, 6) is 0.562. The number of nitrogens with one attached hydrogen (secondary N) is 2. The van der Waals surface area contributed by atoms with Crippen molar-refractivity contribution in [2.45, 2.75) is 20.8 Å². The number of carbonyl (C=O) groups excluding carboxylic acids is 2. The topological polar surface area (TPSA) is 67.4 Å². The van der Waals surface area contributed by atoms with Crippen LogP contribution in [0.2, 0.25) is 0 Å². The molecule has 0 fully saturated rings. The zero-order valence-electron chi connectivity index (χ0n) is 13.4. The number of hydrogen-bond acceptors (Lipinski definition) is 3. The minimum atomic E-state index is -0.187. The van der Waals surface area contributed by atoms with Gasteiger partial charge in [0.1, 0.15) is 5.75 Å². The molecule has 0 bridgehead atoms. The Morgan fingerprint density at radius 1 is 1.14 bits per heavy atom. The second-order valence-electron chi connectivity index (χ2n) is 5.07. The van der Waals surface area contributed by atoms with Gasteiger partial charge in [0.15, 0.2) is 0 Å². The van der Waals surface area contributed by atoms with Crippen LogP contribution in [-0.4, -0.2) is 31.5 Å². The maximum atomic E-state index is 11.6. The van der Waals surface area contributed by atoms with E-state index in [9.17, 15) is 9.59 Å². The fourth-order valence-electron chi connectivity index (χ4n) is 1.65. The summed E-state index contributed by atoms with van der Waals surface area (Å²) in [6.45, 7) is 7.05. The number of hydrogen-bond donors (Lipinski definition) is 2. The maximum absolute atomic E-state index is 11.6. The normalized spacial score (nSPS) is 10.7. The van der Waals surface area contributed by atoms with E-state index in [2.05, 4.69) is 10.6 Å². The Hall–Kier alpha value is -2.30. The highest BCUT2D eigenvalue weighted by molar-refractivity contribution is 5.91. The predicted molar refractivity (Wildman–Crippen MR) is 87.5 cm³/mol. The second-order valence-corrected chi connectivity index (χ2v) is 5.07. The zero-order valence-corrected chi connectivity index (χ0v) is 13.4. The molecule has 0 aliphatic heterocycles. The van der Waals surface area contributed by atoms with E-state index in [0.29, 0.717) is 19.7 Å². The molecule has 5 nitrogen and oxygen atoms in total. The third kappa shape index (κ3) is 6.92. The van der Waals surface area contributed by atoms with Crippen molar-refractivity contribution in [3.63, 3.8) is 0 Å². The summed E-state index contributed by atoms with van der Waals surface area (Å²) in [6.07, 6.45) is 3.21. The highest BCUT2D eigenvalue weighted by atomic mass is 16.5. The number of benzene rings is 1. The second kappa shape index (κ2) is 9.60. The molecule has 120 valence electrons. The Bertz CT molecular complexity index is 507. The highest BCUT2D eigenvalue weighted by Crippen LogP contribution is 2.12. The van der Waals surface area contributed by atoms with E-state index >= 15 is 0 Å². The van der Waals surface area contributed by atoms with E-state index < -0.39 is 0 Å². The van der Waals surface area contributed by atoms with Crippen LogP contribution in [0.3, 0.4) is 0 Å². The minimum Gasteiger partial charge on any atom is -0.494 e. The first-order valence-corrected chi connectivity index (χ1v) is 7.49.